The fourth-order valence-corrected chi connectivity index (χ4v) is 2.86. The van der Waals surface area contributed by atoms with Crippen molar-refractivity contribution in [1.82, 2.24) is 9.55 Å². The van der Waals surface area contributed by atoms with Crippen molar-refractivity contribution in [1.29, 1.82) is 0 Å². The van der Waals surface area contributed by atoms with Gasteiger partial charge in [0.1, 0.15) is 0 Å². The molecule has 0 aliphatic carbocycles. The predicted molar refractivity (Wildman–Crippen MR) is 105 cm³/mol. The third-order valence-electron chi connectivity index (χ3n) is 4.19. The smallest absolute Gasteiger partial charge is 0.261 e. The monoisotopic (exact) mass is 350 g/mol. The van der Waals surface area contributed by atoms with Gasteiger partial charge in [-0.2, -0.15) is 0 Å². The molecule has 2 aromatic carbocycles. The van der Waals surface area contributed by atoms with Gasteiger partial charge >= 0.3 is 0 Å². The first-order valence-corrected chi connectivity index (χ1v) is 8.56. The lowest BCUT2D eigenvalue weighted by molar-refractivity contribution is -0.116. The number of hydrogen-bond acceptors (Lipinski definition) is 4. The molecule has 6 heteroatoms. The molecule has 0 saturated carbocycles. The van der Waals surface area contributed by atoms with Crippen LogP contribution in [0.25, 0.3) is 10.9 Å². The highest BCUT2D eigenvalue weighted by Gasteiger charge is 2.09. The number of carbonyl (C=O) groups is 1. The third kappa shape index (κ3) is 3.91. The van der Waals surface area contributed by atoms with E-state index >= 15 is 0 Å². The molecule has 134 valence electrons. The van der Waals surface area contributed by atoms with Gasteiger partial charge in [-0.25, -0.2) is 4.98 Å². The highest BCUT2D eigenvalue weighted by molar-refractivity contribution is 5.94. The second-order valence-corrected chi connectivity index (χ2v) is 6.32. The van der Waals surface area contributed by atoms with E-state index in [1.54, 1.807) is 17.0 Å². The van der Waals surface area contributed by atoms with Gasteiger partial charge in [0.25, 0.3) is 5.56 Å². The number of aromatic nitrogens is 2. The second-order valence-electron chi connectivity index (χ2n) is 6.32. The molecule has 0 saturated heterocycles. The van der Waals surface area contributed by atoms with Gasteiger partial charge in [0.2, 0.25) is 5.91 Å². The summed E-state index contributed by atoms with van der Waals surface area (Å²) in [5, 5.41) is 3.54. The Balaban J connectivity index is 1.61. The van der Waals surface area contributed by atoms with Gasteiger partial charge in [-0.05, 0) is 30.7 Å². The van der Waals surface area contributed by atoms with Crippen LogP contribution in [0.15, 0.2) is 59.7 Å². The highest BCUT2D eigenvalue weighted by Crippen LogP contribution is 2.23. The highest BCUT2D eigenvalue weighted by atomic mass is 16.1. The number of nitrogens with one attached hydrogen (secondary N) is 1. The van der Waals surface area contributed by atoms with E-state index in [9.17, 15) is 9.59 Å². The minimum absolute atomic E-state index is 0.0684. The zero-order valence-corrected chi connectivity index (χ0v) is 15.0. The van der Waals surface area contributed by atoms with E-state index in [1.165, 1.54) is 0 Å². The number of para-hydroxylation sites is 3. The quantitative estimate of drug-likeness (QED) is 0.742. The number of nitrogens with zero attached hydrogens (tertiary/aromatic N) is 3. The molecule has 1 heterocycles. The average Bonchev–Trinajstić information content (AvgIpc) is 2.64. The maximum absolute atomic E-state index is 12.4. The van der Waals surface area contributed by atoms with Gasteiger partial charge in [0, 0.05) is 27.1 Å². The largest absolute Gasteiger partial charge is 0.376 e. The standard InChI is InChI=1S/C20H22N4O2/c1-23(2)18-11-6-5-10-17(18)22-19(25)12-7-13-24-14-21-16-9-4-3-8-15(16)20(24)26/h3-6,8-11,14H,7,12-13H2,1-2H3,(H,22,25). The molecule has 0 spiro atoms. The van der Waals surface area contributed by atoms with Gasteiger partial charge in [0.05, 0.1) is 28.6 Å². The Labute approximate surface area is 152 Å². The first kappa shape index (κ1) is 17.7. The van der Waals surface area contributed by atoms with Gasteiger partial charge in [-0.3, -0.25) is 14.2 Å². The first-order valence-electron chi connectivity index (χ1n) is 8.56. The van der Waals surface area contributed by atoms with Crippen LogP contribution in [0, 0.1) is 0 Å². The third-order valence-corrected chi connectivity index (χ3v) is 4.19. The van der Waals surface area contributed by atoms with E-state index in [0.29, 0.717) is 30.3 Å². The minimum Gasteiger partial charge on any atom is -0.376 e. The number of hydrogen-bond donors (Lipinski definition) is 1. The van der Waals surface area contributed by atoms with E-state index < -0.39 is 0 Å². The van der Waals surface area contributed by atoms with Crippen LogP contribution in [0.4, 0.5) is 11.4 Å². The lowest BCUT2D eigenvalue weighted by atomic mass is 10.2. The van der Waals surface area contributed by atoms with Crippen LogP contribution >= 0.6 is 0 Å². The van der Waals surface area contributed by atoms with Crippen molar-refractivity contribution >= 4 is 28.2 Å². The summed E-state index contributed by atoms with van der Waals surface area (Å²) >= 11 is 0. The van der Waals surface area contributed by atoms with Crippen LogP contribution in [0.2, 0.25) is 0 Å². The molecule has 3 rings (SSSR count). The molecule has 0 bridgehead atoms. The molecule has 3 aromatic rings. The normalized spacial score (nSPS) is 10.7. The Morgan fingerprint density at radius 1 is 1.12 bits per heavy atom. The molecule has 1 aromatic heterocycles. The molecule has 1 amide bonds. The summed E-state index contributed by atoms with van der Waals surface area (Å²) in [6.45, 7) is 0.458. The number of amides is 1. The number of carbonyl (C=O) groups excluding carboxylic acids is 1. The van der Waals surface area contributed by atoms with Crippen molar-refractivity contribution in [3.05, 3.63) is 65.2 Å². The molecule has 1 N–H and O–H groups in total. The van der Waals surface area contributed by atoms with Gasteiger partial charge in [0.15, 0.2) is 0 Å². The van der Waals surface area contributed by atoms with Crippen LogP contribution < -0.4 is 15.8 Å². The minimum atomic E-state index is -0.0750. The molecule has 0 aliphatic heterocycles. The molecule has 0 unspecified atom stereocenters. The second kappa shape index (κ2) is 7.82. The van der Waals surface area contributed by atoms with E-state index in [2.05, 4.69) is 10.3 Å². The van der Waals surface area contributed by atoms with Crippen molar-refractivity contribution in [2.75, 3.05) is 24.3 Å². The Morgan fingerprint density at radius 3 is 2.65 bits per heavy atom. The SMILES string of the molecule is CN(C)c1ccccc1NC(=O)CCCn1cnc2ccccc2c1=O. The molecule has 0 radical (unpaired) electrons. The van der Waals surface area contributed by atoms with E-state index in [0.717, 1.165) is 11.4 Å². The Kier molecular flexibility index (Phi) is 5.31. The Hall–Kier alpha value is -3.15. The molecule has 0 atom stereocenters. The topological polar surface area (TPSA) is 67.2 Å². The molecular formula is C20H22N4O2. The predicted octanol–water partition coefficient (Wildman–Crippen LogP) is 2.88. The number of fused-ring (bicyclic) bond motifs is 1. The van der Waals surface area contributed by atoms with Crippen molar-refractivity contribution in [2.24, 2.45) is 0 Å². The summed E-state index contributed by atoms with van der Waals surface area (Å²) in [5.41, 5.74) is 2.35. The molecule has 6 nitrogen and oxygen atoms in total. The number of anilines is 2. The number of aryl methyl sites for hydroxylation is 1. The Morgan fingerprint density at radius 2 is 1.85 bits per heavy atom. The average molecular weight is 350 g/mol. The summed E-state index contributed by atoms with van der Waals surface area (Å²) in [7, 11) is 3.87. The Bertz CT molecular complexity index is 979. The van der Waals surface area contributed by atoms with Crippen LogP contribution in [-0.2, 0) is 11.3 Å². The zero-order valence-electron chi connectivity index (χ0n) is 15.0. The lowest BCUT2D eigenvalue weighted by Gasteiger charge is -2.17. The van der Waals surface area contributed by atoms with Crippen molar-refractivity contribution in [3.63, 3.8) is 0 Å². The maximum Gasteiger partial charge on any atom is 0.261 e. The van der Waals surface area contributed by atoms with Gasteiger partial charge in [-0.15, -0.1) is 0 Å². The summed E-state index contributed by atoms with van der Waals surface area (Å²) in [6, 6.07) is 14.9. The molecule has 0 aliphatic rings. The number of benzene rings is 2. The molecular weight excluding hydrogens is 328 g/mol. The van der Waals surface area contributed by atoms with Crippen molar-refractivity contribution in [2.45, 2.75) is 19.4 Å². The lowest BCUT2D eigenvalue weighted by Crippen LogP contribution is -2.22. The van der Waals surface area contributed by atoms with Crippen LogP contribution in [0.3, 0.4) is 0 Å². The van der Waals surface area contributed by atoms with Crippen LogP contribution in [0.1, 0.15) is 12.8 Å². The van der Waals surface area contributed by atoms with Crippen LogP contribution in [-0.4, -0.2) is 29.6 Å². The van der Waals surface area contributed by atoms with E-state index in [4.69, 9.17) is 0 Å². The number of rotatable bonds is 6. The zero-order chi connectivity index (χ0) is 18.5. The molecule has 0 fully saturated rings. The maximum atomic E-state index is 12.4. The van der Waals surface area contributed by atoms with Gasteiger partial charge < -0.3 is 10.2 Å². The van der Waals surface area contributed by atoms with Gasteiger partial charge in [-0.1, -0.05) is 24.3 Å². The fourth-order valence-electron chi connectivity index (χ4n) is 2.86. The van der Waals surface area contributed by atoms with Crippen molar-refractivity contribution in [3.8, 4) is 0 Å². The summed E-state index contributed by atoms with van der Waals surface area (Å²) in [6.07, 6.45) is 2.45. The van der Waals surface area contributed by atoms with Crippen LogP contribution in [0.5, 0.6) is 0 Å². The fraction of sp³-hybridized carbons (Fsp3) is 0.250. The molecule has 26 heavy (non-hydrogen) atoms. The summed E-state index contributed by atoms with van der Waals surface area (Å²) < 4.78 is 1.56. The van der Waals surface area contributed by atoms with E-state index in [1.807, 2.05) is 61.5 Å². The summed E-state index contributed by atoms with van der Waals surface area (Å²) in [4.78, 5) is 30.9. The first-order chi connectivity index (χ1) is 12.6. The van der Waals surface area contributed by atoms with E-state index in [-0.39, 0.29) is 11.5 Å². The summed E-state index contributed by atoms with van der Waals surface area (Å²) in [5.74, 6) is -0.0684. The van der Waals surface area contributed by atoms with Crippen molar-refractivity contribution < 1.29 is 4.79 Å².